The summed E-state index contributed by atoms with van der Waals surface area (Å²) in [6, 6.07) is 10.9. The Labute approximate surface area is 193 Å². The Bertz CT molecular complexity index is 966. The lowest BCUT2D eigenvalue weighted by Crippen LogP contribution is -2.52. The molecule has 160 valence electrons. The first-order valence-electron chi connectivity index (χ1n) is 10.2. The number of halogens is 2. The summed E-state index contributed by atoms with van der Waals surface area (Å²) >= 11 is 0. The molecule has 1 aliphatic heterocycles. The highest BCUT2D eigenvalue weighted by molar-refractivity contribution is 14.0. The number of guanidine groups is 1. The molecule has 8 heteroatoms. The van der Waals surface area contributed by atoms with Gasteiger partial charge in [-0.2, -0.15) is 0 Å². The van der Waals surface area contributed by atoms with Gasteiger partial charge in [-0.25, -0.2) is 9.37 Å². The molecule has 1 fully saturated rings. The Morgan fingerprint density at radius 2 is 2.03 bits per heavy atom. The van der Waals surface area contributed by atoms with Crippen molar-refractivity contribution in [3.8, 4) is 0 Å². The minimum absolute atomic E-state index is 0. The van der Waals surface area contributed by atoms with Crippen molar-refractivity contribution in [2.75, 3.05) is 44.2 Å². The number of aromatic amines is 1. The number of fused-ring (bicyclic) bond motifs is 1. The second kappa shape index (κ2) is 10.6. The number of pyridine rings is 1. The summed E-state index contributed by atoms with van der Waals surface area (Å²) in [4.78, 5) is 17.1. The molecule has 2 aromatic heterocycles. The molecule has 0 aliphatic carbocycles. The molecular weight excluding hydrogens is 494 g/mol. The second-order valence-electron chi connectivity index (χ2n) is 7.15. The van der Waals surface area contributed by atoms with E-state index >= 15 is 0 Å². The van der Waals surface area contributed by atoms with E-state index in [1.165, 1.54) is 6.07 Å². The van der Waals surface area contributed by atoms with Crippen molar-refractivity contribution in [2.24, 2.45) is 4.99 Å². The number of anilines is 1. The Balaban J connectivity index is 0.00000256. The Hall–Kier alpha value is -2.36. The molecule has 0 unspecified atom stereocenters. The molecule has 3 heterocycles. The SMILES string of the molecule is CCNC(=NCCc1c[nH]c2ccc(F)cc12)N1CCN(c2ccccn2)CC1.I. The lowest BCUT2D eigenvalue weighted by molar-refractivity contribution is 0.371. The lowest BCUT2D eigenvalue weighted by atomic mass is 10.1. The number of benzene rings is 1. The topological polar surface area (TPSA) is 59.6 Å². The van der Waals surface area contributed by atoms with Crippen molar-refractivity contribution in [3.63, 3.8) is 0 Å². The van der Waals surface area contributed by atoms with Gasteiger partial charge in [-0.05, 0) is 49.2 Å². The predicted octanol–water partition coefficient (Wildman–Crippen LogP) is 3.65. The lowest BCUT2D eigenvalue weighted by Gasteiger charge is -2.37. The van der Waals surface area contributed by atoms with Crippen molar-refractivity contribution in [2.45, 2.75) is 13.3 Å². The summed E-state index contributed by atoms with van der Waals surface area (Å²) in [5, 5.41) is 4.35. The molecule has 0 spiro atoms. The standard InChI is InChI=1S/C22H27FN6.HI/c1-2-24-22(29-13-11-28(12-14-29)21-5-3-4-9-25-21)26-10-8-17-16-27-20-7-6-18(23)15-19(17)20;/h3-7,9,15-16,27H,2,8,10-14H2,1H3,(H,24,26);1H. The van der Waals surface area contributed by atoms with Crippen LogP contribution in [0.15, 0.2) is 53.8 Å². The van der Waals surface area contributed by atoms with Gasteiger partial charge in [-0.1, -0.05) is 6.07 Å². The van der Waals surface area contributed by atoms with E-state index in [0.29, 0.717) is 6.54 Å². The first-order valence-corrected chi connectivity index (χ1v) is 10.2. The van der Waals surface area contributed by atoms with Crippen molar-refractivity contribution in [1.82, 2.24) is 20.2 Å². The molecule has 1 saturated heterocycles. The number of H-pyrrole nitrogens is 1. The van der Waals surface area contributed by atoms with Crippen LogP contribution < -0.4 is 10.2 Å². The highest BCUT2D eigenvalue weighted by Crippen LogP contribution is 2.20. The van der Waals surface area contributed by atoms with Crippen LogP contribution >= 0.6 is 24.0 Å². The summed E-state index contributed by atoms with van der Waals surface area (Å²) in [5.74, 6) is 1.76. The number of nitrogens with one attached hydrogen (secondary N) is 2. The zero-order chi connectivity index (χ0) is 20.1. The fraction of sp³-hybridized carbons (Fsp3) is 0.364. The van der Waals surface area contributed by atoms with Gasteiger partial charge in [0, 0.05) is 62.6 Å². The fourth-order valence-corrected chi connectivity index (χ4v) is 3.75. The van der Waals surface area contributed by atoms with Crippen molar-refractivity contribution < 1.29 is 4.39 Å². The Morgan fingerprint density at radius 3 is 2.77 bits per heavy atom. The van der Waals surface area contributed by atoms with Crippen molar-refractivity contribution in [3.05, 3.63) is 60.2 Å². The minimum Gasteiger partial charge on any atom is -0.361 e. The van der Waals surface area contributed by atoms with Crippen molar-refractivity contribution >= 4 is 46.7 Å². The molecule has 0 atom stereocenters. The number of rotatable bonds is 5. The van der Waals surface area contributed by atoms with E-state index in [1.54, 1.807) is 12.1 Å². The maximum Gasteiger partial charge on any atom is 0.194 e. The molecule has 1 aromatic carbocycles. The van der Waals surface area contributed by atoms with E-state index in [4.69, 9.17) is 4.99 Å². The average Bonchev–Trinajstić information content (AvgIpc) is 3.16. The average molecular weight is 522 g/mol. The van der Waals surface area contributed by atoms with E-state index in [-0.39, 0.29) is 29.8 Å². The monoisotopic (exact) mass is 522 g/mol. The summed E-state index contributed by atoms with van der Waals surface area (Å²) < 4.78 is 13.6. The van der Waals surface area contributed by atoms with E-state index in [9.17, 15) is 4.39 Å². The van der Waals surface area contributed by atoms with Crippen LogP contribution in [-0.4, -0.2) is 60.1 Å². The summed E-state index contributed by atoms with van der Waals surface area (Å²) in [7, 11) is 0. The third-order valence-electron chi connectivity index (χ3n) is 5.26. The van der Waals surface area contributed by atoms with Crippen LogP contribution in [0.4, 0.5) is 10.2 Å². The van der Waals surface area contributed by atoms with Crippen LogP contribution in [0, 0.1) is 5.82 Å². The summed E-state index contributed by atoms with van der Waals surface area (Å²) in [6.45, 7) is 7.22. The number of hydrogen-bond donors (Lipinski definition) is 2. The van der Waals surface area contributed by atoms with Crippen molar-refractivity contribution in [1.29, 1.82) is 0 Å². The molecule has 0 amide bonds. The van der Waals surface area contributed by atoms with Crippen LogP contribution in [0.25, 0.3) is 10.9 Å². The quantitative estimate of drug-likeness (QED) is 0.305. The number of aliphatic imine (C=N–C) groups is 1. The van der Waals surface area contributed by atoms with Crippen LogP contribution in [0.1, 0.15) is 12.5 Å². The minimum atomic E-state index is -0.207. The summed E-state index contributed by atoms with van der Waals surface area (Å²) in [5.41, 5.74) is 2.06. The van der Waals surface area contributed by atoms with Crippen LogP contribution in [-0.2, 0) is 6.42 Å². The predicted molar refractivity (Wildman–Crippen MR) is 131 cm³/mol. The van der Waals surface area contributed by atoms with Crippen LogP contribution in [0.5, 0.6) is 0 Å². The third kappa shape index (κ3) is 5.21. The van der Waals surface area contributed by atoms with Gasteiger partial charge in [-0.15, -0.1) is 24.0 Å². The Morgan fingerprint density at radius 1 is 1.20 bits per heavy atom. The zero-order valence-electron chi connectivity index (χ0n) is 17.1. The number of aromatic nitrogens is 2. The van der Waals surface area contributed by atoms with Gasteiger partial charge in [0.1, 0.15) is 11.6 Å². The molecule has 4 rings (SSSR count). The van der Waals surface area contributed by atoms with Crippen LogP contribution in [0.3, 0.4) is 0 Å². The van der Waals surface area contributed by atoms with Gasteiger partial charge in [0.2, 0.25) is 0 Å². The largest absolute Gasteiger partial charge is 0.361 e. The molecular formula is C22H28FIN6. The molecule has 0 saturated carbocycles. The van der Waals surface area contributed by atoms with Gasteiger partial charge < -0.3 is 20.1 Å². The zero-order valence-corrected chi connectivity index (χ0v) is 19.5. The highest BCUT2D eigenvalue weighted by Gasteiger charge is 2.20. The normalized spacial score (nSPS) is 14.7. The van der Waals surface area contributed by atoms with Gasteiger partial charge in [0.15, 0.2) is 5.96 Å². The molecule has 2 N–H and O–H groups in total. The van der Waals surface area contributed by atoms with Gasteiger partial charge in [0.25, 0.3) is 0 Å². The van der Waals surface area contributed by atoms with E-state index in [1.807, 2.05) is 24.5 Å². The molecule has 0 radical (unpaired) electrons. The fourth-order valence-electron chi connectivity index (χ4n) is 3.75. The van der Waals surface area contributed by atoms with Gasteiger partial charge in [-0.3, -0.25) is 4.99 Å². The number of piperazine rings is 1. The van der Waals surface area contributed by atoms with Crippen LogP contribution in [0.2, 0.25) is 0 Å². The first-order chi connectivity index (χ1) is 14.2. The van der Waals surface area contributed by atoms with E-state index in [0.717, 1.165) is 67.4 Å². The summed E-state index contributed by atoms with van der Waals surface area (Å²) in [6.07, 6.45) is 4.56. The third-order valence-corrected chi connectivity index (χ3v) is 5.26. The molecule has 0 bridgehead atoms. The van der Waals surface area contributed by atoms with E-state index in [2.05, 4.69) is 38.1 Å². The van der Waals surface area contributed by atoms with Gasteiger partial charge in [0.05, 0.1) is 0 Å². The number of nitrogens with zero attached hydrogens (tertiary/aromatic N) is 4. The maximum atomic E-state index is 13.6. The Kier molecular flexibility index (Phi) is 7.89. The first kappa shape index (κ1) is 22.3. The maximum absolute atomic E-state index is 13.6. The van der Waals surface area contributed by atoms with E-state index < -0.39 is 0 Å². The molecule has 3 aromatic rings. The smallest absolute Gasteiger partial charge is 0.194 e. The molecule has 30 heavy (non-hydrogen) atoms. The number of hydrogen-bond acceptors (Lipinski definition) is 3. The second-order valence-corrected chi connectivity index (χ2v) is 7.15. The van der Waals surface area contributed by atoms with Gasteiger partial charge >= 0.3 is 0 Å². The molecule has 6 nitrogen and oxygen atoms in total. The highest BCUT2D eigenvalue weighted by atomic mass is 127. The molecule has 1 aliphatic rings.